The van der Waals surface area contributed by atoms with Gasteiger partial charge in [0.1, 0.15) is 5.82 Å². The molecular formula is C20H21ClN8O. The number of pyridine rings is 1. The molecule has 0 spiro atoms. The van der Waals surface area contributed by atoms with Gasteiger partial charge in [-0.15, -0.1) is 10.2 Å². The second kappa shape index (κ2) is 7.56. The van der Waals surface area contributed by atoms with Crippen LogP contribution in [0.15, 0.2) is 36.8 Å². The van der Waals surface area contributed by atoms with Gasteiger partial charge < -0.3 is 10.1 Å². The average Bonchev–Trinajstić information content (AvgIpc) is 3.28. The number of hydrogen-bond acceptors (Lipinski definition) is 7. The molecule has 0 fully saturated rings. The lowest BCUT2D eigenvalue weighted by molar-refractivity contribution is 0.291. The van der Waals surface area contributed by atoms with Crippen molar-refractivity contribution in [2.45, 2.75) is 38.8 Å². The van der Waals surface area contributed by atoms with Crippen molar-refractivity contribution in [3.63, 3.8) is 0 Å². The number of halogens is 1. The Balaban J connectivity index is 1.52. The zero-order valence-electron chi connectivity index (χ0n) is 16.7. The summed E-state index contributed by atoms with van der Waals surface area (Å²) in [7, 11) is 0. The van der Waals surface area contributed by atoms with Gasteiger partial charge in [-0.2, -0.15) is 5.10 Å². The zero-order chi connectivity index (χ0) is 20.7. The van der Waals surface area contributed by atoms with Gasteiger partial charge in [-0.1, -0.05) is 11.6 Å². The van der Waals surface area contributed by atoms with E-state index in [0.717, 1.165) is 29.1 Å². The number of nitrogens with zero attached hydrogens (tertiary/aromatic N) is 7. The van der Waals surface area contributed by atoms with Crippen LogP contribution in [-0.4, -0.2) is 47.0 Å². The first-order chi connectivity index (χ1) is 14.6. The summed E-state index contributed by atoms with van der Waals surface area (Å²) in [5, 5.41) is 17.0. The van der Waals surface area contributed by atoms with E-state index in [-0.39, 0.29) is 12.0 Å². The summed E-state index contributed by atoms with van der Waals surface area (Å²) in [6.07, 6.45) is 6.00. The predicted molar refractivity (Wildman–Crippen MR) is 113 cm³/mol. The topological polar surface area (TPSA) is 95.1 Å². The summed E-state index contributed by atoms with van der Waals surface area (Å²) >= 11 is 6.01. The third-order valence-corrected chi connectivity index (χ3v) is 5.15. The molecule has 0 saturated carbocycles. The van der Waals surface area contributed by atoms with Crippen molar-refractivity contribution >= 4 is 23.2 Å². The highest BCUT2D eigenvalue weighted by atomic mass is 35.5. The Hall–Kier alpha value is -3.20. The second-order valence-electron chi connectivity index (χ2n) is 7.61. The molecule has 4 aromatic heterocycles. The van der Waals surface area contributed by atoms with E-state index < -0.39 is 0 Å². The maximum Gasteiger partial charge on any atom is 0.223 e. The van der Waals surface area contributed by atoms with Gasteiger partial charge in [-0.3, -0.25) is 4.68 Å². The molecule has 0 saturated heterocycles. The molecule has 4 aromatic rings. The minimum atomic E-state index is 0.115. The van der Waals surface area contributed by atoms with Crippen molar-refractivity contribution < 1.29 is 4.74 Å². The van der Waals surface area contributed by atoms with Crippen LogP contribution >= 0.6 is 11.6 Å². The molecule has 5 heterocycles. The maximum absolute atomic E-state index is 6.08. The van der Waals surface area contributed by atoms with Crippen LogP contribution in [0.3, 0.4) is 0 Å². The number of aromatic nitrogens is 7. The first-order valence-electron chi connectivity index (χ1n) is 9.86. The molecule has 1 atom stereocenters. The fourth-order valence-electron chi connectivity index (χ4n) is 3.64. The van der Waals surface area contributed by atoms with Crippen LogP contribution in [0.4, 0.5) is 5.95 Å². The minimum Gasteiger partial charge on any atom is -0.478 e. The Labute approximate surface area is 178 Å². The zero-order valence-corrected chi connectivity index (χ0v) is 17.4. The number of anilines is 1. The van der Waals surface area contributed by atoms with E-state index in [1.807, 2.05) is 33.5 Å². The minimum absolute atomic E-state index is 0.115. The molecule has 30 heavy (non-hydrogen) atoms. The van der Waals surface area contributed by atoms with E-state index >= 15 is 0 Å². The van der Waals surface area contributed by atoms with Crippen LogP contribution in [0.5, 0.6) is 5.88 Å². The average molecular weight is 425 g/mol. The van der Waals surface area contributed by atoms with Crippen molar-refractivity contribution in [2.24, 2.45) is 0 Å². The van der Waals surface area contributed by atoms with Crippen molar-refractivity contribution in [1.29, 1.82) is 0 Å². The highest BCUT2D eigenvalue weighted by molar-refractivity contribution is 6.30. The van der Waals surface area contributed by atoms with E-state index in [0.29, 0.717) is 30.0 Å². The quantitative estimate of drug-likeness (QED) is 0.524. The third-order valence-electron chi connectivity index (χ3n) is 4.96. The van der Waals surface area contributed by atoms with Crippen molar-refractivity contribution in [2.75, 3.05) is 11.9 Å². The molecule has 10 heteroatoms. The van der Waals surface area contributed by atoms with Crippen LogP contribution in [0, 0.1) is 0 Å². The van der Waals surface area contributed by atoms with Gasteiger partial charge in [-0.05, 0) is 32.4 Å². The van der Waals surface area contributed by atoms with Gasteiger partial charge in [0.25, 0.3) is 0 Å². The Bertz CT molecular complexity index is 1200. The molecule has 1 aliphatic heterocycles. The molecule has 0 aliphatic carbocycles. The van der Waals surface area contributed by atoms with Crippen LogP contribution < -0.4 is 10.1 Å². The molecule has 0 amide bonds. The van der Waals surface area contributed by atoms with E-state index in [9.17, 15) is 0 Å². The van der Waals surface area contributed by atoms with E-state index in [2.05, 4.69) is 44.4 Å². The molecule has 0 unspecified atom stereocenters. The van der Waals surface area contributed by atoms with Crippen molar-refractivity contribution in [3.05, 3.63) is 47.6 Å². The number of ether oxygens (including phenoxy) is 1. The normalized spacial score (nSPS) is 15.9. The highest BCUT2D eigenvalue weighted by Gasteiger charge is 2.25. The Morgan fingerprint density at radius 2 is 2.20 bits per heavy atom. The molecule has 1 N–H and O–H groups in total. The summed E-state index contributed by atoms with van der Waals surface area (Å²) in [5.74, 6) is 2.28. The number of rotatable bonds is 5. The Morgan fingerprint density at radius 3 is 3.00 bits per heavy atom. The maximum atomic E-state index is 6.08. The SMILES string of the molecule is CC(C)Nc1nccc(-c2cc3n4c(nnc4c2)[C@@H](Cn2cc(Cl)cn2)CCO3)n1. The summed E-state index contributed by atoms with van der Waals surface area (Å²) in [6, 6.07) is 6.07. The fraction of sp³-hybridized carbons (Fsp3) is 0.350. The van der Waals surface area contributed by atoms with Crippen LogP contribution in [-0.2, 0) is 6.54 Å². The van der Waals surface area contributed by atoms with Crippen molar-refractivity contribution in [3.8, 4) is 17.1 Å². The van der Waals surface area contributed by atoms with E-state index in [4.69, 9.17) is 16.3 Å². The monoisotopic (exact) mass is 424 g/mol. The summed E-state index contributed by atoms with van der Waals surface area (Å²) < 4.78 is 9.88. The highest BCUT2D eigenvalue weighted by Crippen LogP contribution is 2.32. The lowest BCUT2D eigenvalue weighted by atomic mass is 10.1. The molecule has 0 radical (unpaired) electrons. The fourth-order valence-corrected chi connectivity index (χ4v) is 3.80. The Morgan fingerprint density at radius 1 is 1.30 bits per heavy atom. The second-order valence-corrected chi connectivity index (χ2v) is 8.05. The number of nitrogens with one attached hydrogen (secondary N) is 1. The van der Waals surface area contributed by atoms with Crippen molar-refractivity contribution in [1.82, 2.24) is 34.3 Å². The third kappa shape index (κ3) is 3.56. The summed E-state index contributed by atoms with van der Waals surface area (Å²) in [4.78, 5) is 8.91. The van der Waals surface area contributed by atoms with Gasteiger partial charge in [0, 0.05) is 36.0 Å². The summed E-state index contributed by atoms with van der Waals surface area (Å²) in [5.41, 5.74) is 2.43. The standard InChI is InChI=1S/C20H21ClN8O/c1-12(2)24-20-22-5-3-16(25-20)14-7-17-26-27-19-13(10-28-11-15(21)9-23-28)4-6-30-18(8-14)29(17)19/h3,5,7-9,11-13H,4,6,10H2,1-2H3,(H,22,24,25)/t13-/m1/s1. The molecule has 0 aromatic carbocycles. The first kappa shape index (κ1) is 18.8. The van der Waals surface area contributed by atoms with Crippen LogP contribution in [0.25, 0.3) is 16.9 Å². The van der Waals surface area contributed by atoms with Gasteiger partial charge in [-0.25, -0.2) is 14.4 Å². The number of hydrogen-bond donors (Lipinski definition) is 1. The smallest absolute Gasteiger partial charge is 0.223 e. The summed E-state index contributed by atoms with van der Waals surface area (Å²) in [6.45, 7) is 5.34. The van der Waals surface area contributed by atoms with E-state index in [1.165, 1.54) is 0 Å². The van der Waals surface area contributed by atoms with Gasteiger partial charge in [0.15, 0.2) is 5.65 Å². The molecule has 1 aliphatic rings. The van der Waals surface area contributed by atoms with Gasteiger partial charge >= 0.3 is 0 Å². The van der Waals surface area contributed by atoms with Crippen LogP contribution in [0.1, 0.15) is 32.0 Å². The van der Waals surface area contributed by atoms with Gasteiger partial charge in [0.2, 0.25) is 11.8 Å². The largest absolute Gasteiger partial charge is 0.478 e. The molecule has 154 valence electrons. The Kier molecular flexibility index (Phi) is 4.74. The molecule has 9 nitrogen and oxygen atoms in total. The molecule has 0 bridgehead atoms. The first-order valence-corrected chi connectivity index (χ1v) is 10.2. The molecule has 5 rings (SSSR count). The molecular weight excluding hydrogens is 404 g/mol. The predicted octanol–water partition coefficient (Wildman–Crippen LogP) is 3.42. The lowest BCUT2D eigenvalue weighted by Crippen LogP contribution is -2.13. The lowest BCUT2D eigenvalue weighted by Gasteiger charge is -2.12. The van der Waals surface area contributed by atoms with Gasteiger partial charge in [0.05, 0.1) is 30.1 Å². The van der Waals surface area contributed by atoms with Crippen LogP contribution in [0.2, 0.25) is 5.02 Å². The van der Waals surface area contributed by atoms with E-state index in [1.54, 1.807) is 12.4 Å².